The summed E-state index contributed by atoms with van der Waals surface area (Å²) >= 11 is 0. The predicted molar refractivity (Wildman–Crippen MR) is 94.5 cm³/mol. The van der Waals surface area contributed by atoms with E-state index in [9.17, 15) is 9.90 Å². The Labute approximate surface area is 142 Å². The van der Waals surface area contributed by atoms with Crippen molar-refractivity contribution >= 4 is 6.09 Å². The van der Waals surface area contributed by atoms with Crippen molar-refractivity contribution in [3.8, 4) is 0 Å². The summed E-state index contributed by atoms with van der Waals surface area (Å²) in [7, 11) is 0. The molecule has 1 rings (SSSR count). The smallest absolute Gasteiger partial charge is 0.407 e. The first-order valence-electron chi connectivity index (χ1n) is 9.38. The number of carbonyl (C=O) groups is 1. The number of nitrogens with one attached hydrogen (secondary N) is 1. The third kappa shape index (κ3) is 9.19. The maximum Gasteiger partial charge on any atom is 0.407 e. The van der Waals surface area contributed by atoms with Gasteiger partial charge in [-0.05, 0) is 39.5 Å². The van der Waals surface area contributed by atoms with E-state index in [0.29, 0.717) is 6.54 Å². The summed E-state index contributed by atoms with van der Waals surface area (Å²) in [5.41, 5.74) is -0.660. The minimum Gasteiger partial charge on any atom is -0.444 e. The molecule has 1 saturated carbocycles. The molecule has 2 N–H and O–H groups in total. The van der Waals surface area contributed by atoms with Crippen LogP contribution in [0.2, 0.25) is 0 Å². The third-order valence-corrected chi connectivity index (χ3v) is 4.57. The van der Waals surface area contributed by atoms with E-state index in [1.807, 2.05) is 20.8 Å². The number of ether oxygens (including phenoxy) is 1. The summed E-state index contributed by atoms with van der Waals surface area (Å²) in [5.74, 6) is 0.734. The van der Waals surface area contributed by atoms with Crippen molar-refractivity contribution < 1.29 is 14.6 Å². The van der Waals surface area contributed by atoms with Crippen LogP contribution in [-0.2, 0) is 4.74 Å². The van der Waals surface area contributed by atoms with Crippen LogP contribution in [-0.4, -0.2) is 30.0 Å². The molecule has 0 bridgehead atoms. The topological polar surface area (TPSA) is 58.6 Å². The fourth-order valence-corrected chi connectivity index (χ4v) is 3.07. The molecule has 1 amide bonds. The van der Waals surface area contributed by atoms with E-state index < -0.39 is 5.60 Å². The molecule has 0 aromatic rings. The first-order valence-corrected chi connectivity index (χ1v) is 9.38. The van der Waals surface area contributed by atoms with Gasteiger partial charge in [-0.3, -0.25) is 0 Å². The molecule has 4 nitrogen and oxygen atoms in total. The van der Waals surface area contributed by atoms with Gasteiger partial charge in [0.05, 0.1) is 6.61 Å². The second kappa shape index (κ2) is 9.51. The third-order valence-electron chi connectivity index (χ3n) is 4.57. The molecule has 23 heavy (non-hydrogen) atoms. The number of hydrogen-bond acceptors (Lipinski definition) is 3. The Hall–Kier alpha value is -0.770. The van der Waals surface area contributed by atoms with E-state index in [1.165, 1.54) is 38.5 Å². The Balaban J connectivity index is 2.47. The van der Waals surface area contributed by atoms with Gasteiger partial charge < -0.3 is 15.2 Å². The van der Waals surface area contributed by atoms with Crippen LogP contribution >= 0.6 is 0 Å². The standard InChI is InChI=1S/C19H37NO3/c1-5-6-7-8-9-12-19(15-21,13-16-10-11-16)14-20-17(22)23-18(2,3)4/h16,21H,5-15H2,1-4H3,(H,20,22). The van der Waals surface area contributed by atoms with Crippen LogP contribution in [0.5, 0.6) is 0 Å². The Kier molecular flexibility index (Phi) is 8.38. The van der Waals surface area contributed by atoms with Gasteiger partial charge in [-0.1, -0.05) is 51.9 Å². The number of rotatable bonds is 11. The molecule has 1 unspecified atom stereocenters. The monoisotopic (exact) mass is 327 g/mol. The second-order valence-corrected chi connectivity index (χ2v) is 8.33. The first kappa shape index (κ1) is 20.3. The van der Waals surface area contributed by atoms with Gasteiger partial charge in [0.15, 0.2) is 0 Å². The molecule has 1 fully saturated rings. The molecule has 1 aliphatic rings. The van der Waals surface area contributed by atoms with E-state index in [-0.39, 0.29) is 18.1 Å². The SMILES string of the molecule is CCCCCCCC(CO)(CNC(=O)OC(C)(C)C)CC1CC1. The van der Waals surface area contributed by atoms with Crippen LogP contribution in [0.15, 0.2) is 0 Å². The molecule has 0 radical (unpaired) electrons. The molecule has 4 heteroatoms. The number of aliphatic hydroxyl groups excluding tert-OH is 1. The minimum atomic E-state index is -0.484. The average Bonchev–Trinajstić information content (AvgIpc) is 3.26. The van der Waals surface area contributed by atoms with Crippen LogP contribution in [0.3, 0.4) is 0 Å². The minimum absolute atomic E-state index is 0.146. The highest BCUT2D eigenvalue weighted by Gasteiger charge is 2.36. The van der Waals surface area contributed by atoms with Crippen molar-refractivity contribution in [1.29, 1.82) is 0 Å². The van der Waals surface area contributed by atoms with Gasteiger partial charge in [-0.25, -0.2) is 4.79 Å². The van der Waals surface area contributed by atoms with E-state index >= 15 is 0 Å². The summed E-state index contributed by atoms with van der Waals surface area (Å²) in [6, 6.07) is 0. The molecule has 0 heterocycles. The Morgan fingerprint density at radius 2 is 1.83 bits per heavy atom. The highest BCUT2D eigenvalue weighted by atomic mass is 16.6. The van der Waals surface area contributed by atoms with Crippen LogP contribution in [0.1, 0.15) is 85.5 Å². The van der Waals surface area contributed by atoms with Crippen molar-refractivity contribution in [1.82, 2.24) is 5.32 Å². The lowest BCUT2D eigenvalue weighted by Gasteiger charge is -2.33. The number of unbranched alkanes of at least 4 members (excludes halogenated alkanes) is 4. The number of amides is 1. The van der Waals surface area contributed by atoms with Gasteiger partial charge in [-0.15, -0.1) is 0 Å². The van der Waals surface area contributed by atoms with Gasteiger partial charge in [0.1, 0.15) is 5.60 Å². The van der Waals surface area contributed by atoms with Gasteiger partial charge in [0.2, 0.25) is 0 Å². The second-order valence-electron chi connectivity index (χ2n) is 8.33. The highest BCUT2D eigenvalue weighted by Crippen LogP contribution is 2.42. The summed E-state index contributed by atoms with van der Waals surface area (Å²) in [6.07, 6.45) is 10.3. The molecule has 1 aliphatic carbocycles. The molecule has 1 atom stereocenters. The van der Waals surface area contributed by atoms with Crippen molar-refractivity contribution in [3.63, 3.8) is 0 Å². The van der Waals surface area contributed by atoms with Crippen molar-refractivity contribution in [2.75, 3.05) is 13.2 Å². The van der Waals surface area contributed by atoms with E-state index in [0.717, 1.165) is 25.2 Å². The van der Waals surface area contributed by atoms with Crippen LogP contribution in [0.25, 0.3) is 0 Å². The summed E-state index contributed by atoms with van der Waals surface area (Å²) < 4.78 is 5.32. The lowest BCUT2D eigenvalue weighted by atomic mass is 9.78. The molecule has 0 aliphatic heterocycles. The molecule has 136 valence electrons. The molecule has 0 saturated heterocycles. The summed E-state index contributed by atoms with van der Waals surface area (Å²) in [4.78, 5) is 11.9. The van der Waals surface area contributed by atoms with Crippen LogP contribution in [0, 0.1) is 11.3 Å². The van der Waals surface area contributed by atoms with E-state index in [4.69, 9.17) is 4.74 Å². The van der Waals surface area contributed by atoms with E-state index in [1.54, 1.807) is 0 Å². The Morgan fingerprint density at radius 3 is 2.35 bits per heavy atom. The van der Waals surface area contributed by atoms with Crippen molar-refractivity contribution in [2.24, 2.45) is 11.3 Å². The van der Waals surface area contributed by atoms with Gasteiger partial charge in [0, 0.05) is 12.0 Å². The number of hydrogen-bond donors (Lipinski definition) is 2. The van der Waals surface area contributed by atoms with Gasteiger partial charge in [0.25, 0.3) is 0 Å². The number of carbonyl (C=O) groups excluding carboxylic acids is 1. The van der Waals surface area contributed by atoms with Gasteiger partial charge in [-0.2, -0.15) is 0 Å². The number of aliphatic hydroxyl groups is 1. The number of alkyl carbamates (subject to hydrolysis) is 1. The maximum absolute atomic E-state index is 11.9. The Morgan fingerprint density at radius 1 is 1.17 bits per heavy atom. The van der Waals surface area contributed by atoms with Gasteiger partial charge >= 0.3 is 6.09 Å². The fourth-order valence-electron chi connectivity index (χ4n) is 3.07. The Bertz CT molecular complexity index is 347. The molecule has 0 aromatic heterocycles. The molecule has 0 aromatic carbocycles. The lowest BCUT2D eigenvalue weighted by molar-refractivity contribution is 0.0433. The van der Waals surface area contributed by atoms with E-state index in [2.05, 4.69) is 12.2 Å². The quantitative estimate of drug-likeness (QED) is 0.543. The molecular weight excluding hydrogens is 290 g/mol. The normalized spacial score (nSPS) is 17.6. The largest absolute Gasteiger partial charge is 0.444 e. The summed E-state index contributed by atoms with van der Waals surface area (Å²) in [5, 5.41) is 12.9. The van der Waals surface area contributed by atoms with Crippen molar-refractivity contribution in [2.45, 2.75) is 91.1 Å². The zero-order valence-electron chi connectivity index (χ0n) is 15.6. The lowest BCUT2D eigenvalue weighted by Crippen LogP contribution is -2.42. The highest BCUT2D eigenvalue weighted by molar-refractivity contribution is 5.67. The average molecular weight is 328 g/mol. The van der Waals surface area contributed by atoms with Crippen LogP contribution < -0.4 is 5.32 Å². The fraction of sp³-hybridized carbons (Fsp3) is 0.947. The maximum atomic E-state index is 11.9. The summed E-state index contributed by atoms with van der Waals surface area (Å²) in [6.45, 7) is 8.48. The van der Waals surface area contributed by atoms with Crippen LogP contribution in [0.4, 0.5) is 4.79 Å². The zero-order valence-corrected chi connectivity index (χ0v) is 15.6. The molecule has 0 spiro atoms. The first-order chi connectivity index (χ1) is 10.8. The zero-order chi connectivity index (χ0) is 17.3. The van der Waals surface area contributed by atoms with Crippen molar-refractivity contribution in [3.05, 3.63) is 0 Å². The molecular formula is C19H37NO3. The predicted octanol–water partition coefficient (Wildman–Crippen LogP) is 4.65.